The molecule has 1 aromatic heterocycles. The lowest BCUT2D eigenvalue weighted by Gasteiger charge is -2.03. The van der Waals surface area contributed by atoms with Crippen molar-refractivity contribution >= 4 is 11.6 Å². The van der Waals surface area contributed by atoms with E-state index in [0.717, 1.165) is 6.42 Å². The van der Waals surface area contributed by atoms with E-state index in [-0.39, 0.29) is 0 Å². The van der Waals surface area contributed by atoms with Gasteiger partial charge in [0.2, 0.25) is 0 Å². The van der Waals surface area contributed by atoms with Crippen LogP contribution in [-0.4, -0.2) is 4.98 Å². The minimum atomic E-state index is 1.14. The Morgan fingerprint density at radius 1 is 1.06 bits per heavy atom. The van der Waals surface area contributed by atoms with Crippen molar-refractivity contribution < 1.29 is 0 Å². The van der Waals surface area contributed by atoms with Gasteiger partial charge in [-0.25, -0.2) is 0 Å². The van der Waals surface area contributed by atoms with Gasteiger partial charge in [-0.15, -0.1) is 0 Å². The summed E-state index contributed by atoms with van der Waals surface area (Å²) in [5.74, 6) is 0. The summed E-state index contributed by atoms with van der Waals surface area (Å²) in [6.45, 7) is 2.22. The van der Waals surface area contributed by atoms with Crippen LogP contribution >= 0.6 is 0 Å². The zero-order chi connectivity index (χ0) is 11.7. The van der Waals surface area contributed by atoms with Gasteiger partial charge >= 0.3 is 0 Å². The Morgan fingerprint density at radius 2 is 1.88 bits per heavy atom. The van der Waals surface area contributed by atoms with Crippen molar-refractivity contribution in [3.8, 4) is 0 Å². The number of fused-ring (bicyclic) bond motifs is 1. The van der Waals surface area contributed by atoms with Gasteiger partial charge in [-0.2, -0.15) is 0 Å². The van der Waals surface area contributed by atoms with Crippen LogP contribution in [0.2, 0.25) is 0 Å². The number of hydrogen-bond acceptors (Lipinski definition) is 0. The summed E-state index contributed by atoms with van der Waals surface area (Å²) in [5, 5.41) is 0. The molecule has 0 unspecified atom stereocenters. The minimum absolute atomic E-state index is 1.14. The summed E-state index contributed by atoms with van der Waals surface area (Å²) >= 11 is 0. The maximum absolute atomic E-state index is 3.37. The van der Waals surface area contributed by atoms with Gasteiger partial charge in [-0.1, -0.05) is 37.6 Å². The first-order valence-corrected chi connectivity index (χ1v) is 6.20. The molecular formula is C16H16N. The van der Waals surface area contributed by atoms with Crippen LogP contribution < -0.4 is 0 Å². The summed E-state index contributed by atoms with van der Waals surface area (Å²) in [4.78, 5) is 3.37. The van der Waals surface area contributed by atoms with Crippen LogP contribution in [0.4, 0.5) is 0 Å². The number of aryl methyl sites for hydroxylation is 1. The number of benzene rings is 1. The molecule has 1 aliphatic carbocycles. The highest BCUT2D eigenvalue weighted by Crippen LogP contribution is 2.34. The van der Waals surface area contributed by atoms with E-state index in [9.17, 15) is 0 Å². The van der Waals surface area contributed by atoms with E-state index in [1.807, 2.05) is 6.20 Å². The van der Waals surface area contributed by atoms with Crippen LogP contribution in [0.1, 0.15) is 35.7 Å². The second-order valence-corrected chi connectivity index (χ2v) is 4.50. The lowest BCUT2D eigenvalue weighted by molar-refractivity contribution is 0.920. The van der Waals surface area contributed by atoms with Gasteiger partial charge in [0, 0.05) is 18.3 Å². The number of aromatic amines is 1. The predicted molar refractivity (Wildman–Crippen MR) is 72.5 cm³/mol. The molecule has 2 aromatic rings. The summed E-state index contributed by atoms with van der Waals surface area (Å²) in [5.41, 5.74) is 6.64. The minimum Gasteiger partial charge on any atom is -0.361 e. The third kappa shape index (κ3) is 1.82. The van der Waals surface area contributed by atoms with Crippen LogP contribution in [0.15, 0.2) is 36.5 Å². The summed E-state index contributed by atoms with van der Waals surface area (Å²) < 4.78 is 0. The van der Waals surface area contributed by atoms with Crippen LogP contribution in [0.25, 0.3) is 11.6 Å². The molecule has 0 saturated carbocycles. The van der Waals surface area contributed by atoms with E-state index in [2.05, 4.69) is 54.7 Å². The summed E-state index contributed by atoms with van der Waals surface area (Å²) in [7, 11) is 0. The van der Waals surface area contributed by atoms with E-state index in [0.29, 0.717) is 0 Å². The van der Waals surface area contributed by atoms with E-state index in [1.165, 1.54) is 34.4 Å². The highest BCUT2D eigenvalue weighted by atomic mass is 14.7. The topological polar surface area (TPSA) is 15.8 Å². The second-order valence-electron chi connectivity index (χ2n) is 4.50. The van der Waals surface area contributed by atoms with Gasteiger partial charge in [-0.05, 0) is 40.8 Å². The van der Waals surface area contributed by atoms with E-state index in [4.69, 9.17) is 0 Å². The van der Waals surface area contributed by atoms with Crippen LogP contribution in [0.3, 0.4) is 0 Å². The standard InChI is InChI=1S/C16H16N/c1-2-5-12-8-9-17-16(12)15-10-13-6-3-4-7-14(13)11-15/h3-4,6-11,17H,2,5H2,1H3. The average Bonchev–Trinajstić information content (AvgIpc) is 2.94. The van der Waals surface area contributed by atoms with Crippen molar-refractivity contribution in [3.63, 3.8) is 0 Å². The smallest absolute Gasteiger partial charge is 0.0452 e. The molecule has 1 radical (unpaired) electrons. The van der Waals surface area contributed by atoms with Gasteiger partial charge in [0.25, 0.3) is 0 Å². The lowest BCUT2D eigenvalue weighted by Crippen LogP contribution is -1.90. The first kappa shape index (κ1) is 10.4. The van der Waals surface area contributed by atoms with Gasteiger partial charge < -0.3 is 4.98 Å². The summed E-state index contributed by atoms with van der Waals surface area (Å²) in [6.07, 6.45) is 8.89. The molecule has 3 rings (SSSR count). The second kappa shape index (κ2) is 4.25. The Hall–Kier alpha value is -1.76. The fourth-order valence-corrected chi connectivity index (χ4v) is 2.44. The molecule has 0 fully saturated rings. The van der Waals surface area contributed by atoms with Gasteiger partial charge in [0.05, 0.1) is 0 Å². The Kier molecular flexibility index (Phi) is 2.60. The highest BCUT2D eigenvalue weighted by molar-refractivity contribution is 5.94. The van der Waals surface area contributed by atoms with Crippen molar-refractivity contribution in [1.29, 1.82) is 0 Å². The van der Waals surface area contributed by atoms with Crippen molar-refractivity contribution in [2.75, 3.05) is 0 Å². The third-order valence-corrected chi connectivity index (χ3v) is 3.26. The van der Waals surface area contributed by atoms with Crippen molar-refractivity contribution in [2.24, 2.45) is 0 Å². The number of H-pyrrole nitrogens is 1. The van der Waals surface area contributed by atoms with Gasteiger partial charge in [-0.3, -0.25) is 0 Å². The zero-order valence-corrected chi connectivity index (χ0v) is 10.0. The molecule has 0 saturated heterocycles. The molecule has 85 valence electrons. The maximum Gasteiger partial charge on any atom is 0.0452 e. The molecule has 0 aliphatic heterocycles. The molecule has 1 aliphatic rings. The average molecular weight is 222 g/mol. The number of nitrogens with one attached hydrogen (secondary N) is 1. The van der Waals surface area contributed by atoms with Gasteiger partial charge in [0.1, 0.15) is 0 Å². The molecule has 1 nitrogen and oxygen atoms in total. The van der Waals surface area contributed by atoms with Gasteiger partial charge in [0.15, 0.2) is 0 Å². The highest BCUT2D eigenvalue weighted by Gasteiger charge is 2.16. The van der Waals surface area contributed by atoms with Crippen molar-refractivity contribution in [2.45, 2.75) is 19.8 Å². The Bertz CT molecular complexity index is 560. The van der Waals surface area contributed by atoms with E-state index >= 15 is 0 Å². The fraction of sp³-hybridized carbons (Fsp3) is 0.188. The third-order valence-electron chi connectivity index (χ3n) is 3.26. The predicted octanol–water partition coefficient (Wildman–Crippen LogP) is 4.07. The van der Waals surface area contributed by atoms with Crippen LogP contribution in [0.5, 0.6) is 0 Å². The quantitative estimate of drug-likeness (QED) is 0.805. The molecule has 0 spiro atoms. The van der Waals surface area contributed by atoms with E-state index in [1.54, 1.807) is 0 Å². The molecule has 0 bridgehead atoms. The number of allylic oxidation sites excluding steroid dienone is 1. The Morgan fingerprint density at radius 3 is 2.65 bits per heavy atom. The molecular weight excluding hydrogens is 206 g/mol. The zero-order valence-electron chi connectivity index (χ0n) is 10.0. The molecule has 1 aromatic carbocycles. The molecule has 0 amide bonds. The molecule has 1 N–H and O–H groups in total. The lowest BCUT2D eigenvalue weighted by atomic mass is 10.0. The number of aromatic nitrogens is 1. The first-order chi connectivity index (χ1) is 8.38. The molecule has 1 heteroatoms. The normalized spacial score (nSPS) is 13.6. The molecule has 17 heavy (non-hydrogen) atoms. The van der Waals surface area contributed by atoms with Crippen molar-refractivity contribution in [1.82, 2.24) is 4.98 Å². The number of hydrogen-bond donors (Lipinski definition) is 1. The SMILES string of the molecule is CCCc1cc[nH]c1C1=Cc2ccccc2[CH]1. The fourth-order valence-electron chi connectivity index (χ4n) is 2.44. The van der Waals surface area contributed by atoms with Crippen LogP contribution in [0, 0.1) is 6.42 Å². The van der Waals surface area contributed by atoms with Crippen molar-refractivity contribution in [3.05, 3.63) is 65.3 Å². The monoisotopic (exact) mass is 222 g/mol. The molecule has 1 heterocycles. The number of rotatable bonds is 3. The summed E-state index contributed by atoms with van der Waals surface area (Å²) in [6, 6.07) is 10.7. The largest absolute Gasteiger partial charge is 0.361 e. The maximum atomic E-state index is 3.37. The Balaban J connectivity index is 1.95. The molecule has 0 atom stereocenters. The Labute approximate surface area is 102 Å². The van der Waals surface area contributed by atoms with Crippen LogP contribution in [-0.2, 0) is 6.42 Å². The first-order valence-electron chi connectivity index (χ1n) is 6.20. The van der Waals surface area contributed by atoms with E-state index < -0.39 is 0 Å².